The summed E-state index contributed by atoms with van der Waals surface area (Å²) in [5.74, 6) is -0.779. The molecule has 1 unspecified atom stereocenters. The van der Waals surface area contributed by atoms with Crippen LogP contribution in [0.2, 0.25) is 10.0 Å². The Morgan fingerprint density at radius 3 is 2.89 bits per heavy atom. The summed E-state index contributed by atoms with van der Waals surface area (Å²) >= 11 is 12.1. The van der Waals surface area contributed by atoms with Gasteiger partial charge in [-0.2, -0.15) is 0 Å². The molecule has 1 fully saturated rings. The second kappa shape index (κ2) is 5.08. The maximum Gasteiger partial charge on any atom is 0.323 e. The topological polar surface area (TPSA) is 40.5 Å². The van der Waals surface area contributed by atoms with Crippen molar-refractivity contribution < 1.29 is 9.90 Å². The first kappa shape index (κ1) is 13.7. The Kier molecular flexibility index (Phi) is 3.85. The van der Waals surface area contributed by atoms with E-state index < -0.39 is 11.5 Å². The average molecular weight is 288 g/mol. The molecule has 0 aromatic heterocycles. The molecular weight excluding hydrogens is 273 g/mol. The molecule has 0 spiro atoms. The van der Waals surface area contributed by atoms with Gasteiger partial charge >= 0.3 is 5.97 Å². The van der Waals surface area contributed by atoms with Crippen molar-refractivity contribution in [3.63, 3.8) is 0 Å². The number of benzene rings is 1. The Balaban J connectivity index is 2.24. The fourth-order valence-corrected chi connectivity index (χ4v) is 2.77. The van der Waals surface area contributed by atoms with Crippen LogP contribution in [-0.2, 0) is 11.3 Å². The highest BCUT2D eigenvalue weighted by molar-refractivity contribution is 6.42. The van der Waals surface area contributed by atoms with Crippen LogP contribution in [0.25, 0.3) is 0 Å². The van der Waals surface area contributed by atoms with Crippen LogP contribution < -0.4 is 0 Å². The van der Waals surface area contributed by atoms with Crippen LogP contribution in [-0.4, -0.2) is 28.1 Å². The summed E-state index contributed by atoms with van der Waals surface area (Å²) in [4.78, 5) is 13.3. The third-order valence-corrected chi connectivity index (χ3v) is 4.50. The predicted molar refractivity (Wildman–Crippen MR) is 72.1 cm³/mol. The van der Waals surface area contributed by atoms with Crippen LogP contribution in [0.15, 0.2) is 18.2 Å². The Hall–Kier alpha value is -0.770. The molecule has 0 radical (unpaired) electrons. The van der Waals surface area contributed by atoms with Gasteiger partial charge in [0, 0.05) is 6.54 Å². The van der Waals surface area contributed by atoms with Crippen molar-refractivity contribution in [2.75, 3.05) is 6.54 Å². The van der Waals surface area contributed by atoms with E-state index in [0.717, 1.165) is 18.5 Å². The van der Waals surface area contributed by atoms with E-state index in [1.54, 1.807) is 13.0 Å². The van der Waals surface area contributed by atoms with Crippen molar-refractivity contribution in [3.05, 3.63) is 33.8 Å². The third-order valence-electron chi connectivity index (χ3n) is 3.64. The van der Waals surface area contributed by atoms with Gasteiger partial charge in [0.25, 0.3) is 0 Å². The first-order chi connectivity index (χ1) is 8.45. The third kappa shape index (κ3) is 2.35. The standard InChI is InChI=1S/C13H15Cl2NO2/c1-13(12(17)18)6-3-7-16(13)8-9-4-2-5-10(14)11(9)15/h2,4-5H,3,6-8H2,1H3,(H,17,18). The summed E-state index contributed by atoms with van der Waals surface area (Å²) in [5.41, 5.74) is 0.0737. The number of carbonyl (C=O) groups is 1. The summed E-state index contributed by atoms with van der Waals surface area (Å²) < 4.78 is 0. The molecular formula is C13H15Cl2NO2. The number of likely N-dealkylation sites (tertiary alicyclic amines) is 1. The molecule has 1 aromatic carbocycles. The highest BCUT2D eigenvalue weighted by atomic mass is 35.5. The van der Waals surface area contributed by atoms with Crippen LogP contribution in [0.5, 0.6) is 0 Å². The summed E-state index contributed by atoms with van der Waals surface area (Å²) in [5, 5.41) is 10.4. The van der Waals surface area contributed by atoms with Gasteiger partial charge < -0.3 is 5.11 Å². The van der Waals surface area contributed by atoms with Crippen molar-refractivity contribution in [2.24, 2.45) is 0 Å². The summed E-state index contributed by atoms with van der Waals surface area (Å²) in [6.07, 6.45) is 1.56. The summed E-state index contributed by atoms with van der Waals surface area (Å²) in [6.45, 7) is 3.05. The zero-order valence-corrected chi connectivity index (χ0v) is 11.6. The summed E-state index contributed by atoms with van der Waals surface area (Å²) in [7, 11) is 0. The molecule has 0 aliphatic carbocycles. The van der Waals surface area contributed by atoms with Crippen LogP contribution >= 0.6 is 23.2 Å². The lowest BCUT2D eigenvalue weighted by atomic mass is 9.99. The monoisotopic (exact) mass is 287 g/mol. The van der Waals surface area contributed by atoms with Crippen molar-refractivity contribution >= 4 is 29.2 Å². The molecule has 3 nitrogen and oxygen atoms in total. The van der Waals surface area contributed by atoms with Crippen LogP contribution in [0.1, 0.15) is 25.3 Å². The van der Waals surface area contributed by atoms with Gasteiger partial charge in [0.05, 0.1) is 10.0 Å². The maximum absolute atomic E-state index is 11.4. The number of rotatable bonds is 3. The minimum atomic E-state index is -0.800. The van der Waals surface area contributed by atoms with E-state index in [-0.39, 0.29) is 0 Å². The fourth-order valence-electron chi connectivity index (χ4n) is 2.39. The molecule has 1 atom stereocenters. The predicted octanol–water partition coefficient (Wildman–Crippen LogP) is 3.43. The molecule has 0 saturated carbocycles. The van der Waals surface area contributed by atoms with Gasteiger partial charge in [-0.15, -0.1) is 0 Å². The SMILES string of the molecule is CC1(C(=O)O)CCCN1Cc1cccc(Cl)c1Cl. The lowest BCUT2D eigenvalue weighted by Crippen LogP contribution is -2.47. The molecule has 0 bridgehead atoms. The molecule has 1 aliphatic rings. The van der Waals surface area contributed by atoms with Gasteiger partial charge in [0.2, 0.25) is 0 Å². The second-order valence-corrected chi connectivity index (χ2v) is 5.60. The average Bonchev–Trinajstić information content (AvgIpc) is 2.68. The number of carboxylic acids is 1. The molecule has 98 valence electrons. The van der Waals surface area contributed by atoms with Crippen LogP contribution in [0, 0.1) is 0 Å². The van der Waals surface area contributed by atoms with Crippen molar-refractivity contribution in [1.29, 1.82) is 0 Å². The lowest BCUT2D eigenvalue weighted by Gasteiger charge is -2.31. The first-order valence-electron chi connectivity index (χ1n) is 5.86. The Bertz CT molecular complexity index is 478. The van der Waals surface area contributed by atoms with Gasteiger partial charge in [-0.05, 0) is 37.9 Å². The lowest BCUT2D eigenvalue weighted by molar-refractivity contribution is -0.148. The molecule has 1 heterocycles. The zero-order chi connectivity index (χ0) is 13.3. The van der Waals surface area contributed by atoms with E-state index in [1.807, 2.05) is 17.0 Å². The van der Waals surface area contributed by atoms with E-state index in [0.29, 0.717) is 23.0 Å². The molecule has 1 N–H and O–H groups in total. The van der Waals surface area contributed by atoms with Gasteiger partial charge in [0.1, 0.15) is 5.54 Å². The van der Waals surface area contributed by atoms with E-state index in [9.17, 15) is 9.90 Å². The number of carboxylic acid groups (broad SMARTS) is 1. The normalized spacial score (nSPS) is 24.4. The van der Waals surface area contributed by atoms with Gasteiger partial charge in [-0.3, -0.25) is 9.69 Å². The fraction of sp³-hybridized carbons (Fsp3) is 0.462. The van der Waals surface area contributed by atoms with Crippen LogP contribution in [0.4, 0.5) is 0 Å². The molecule has 18 heavy (non-hydrogen) atoms. The quantitative estimate of drug-likeness (QED) is 0.926. The second-order valence-electron chi connectivity index (χ2n) is 4.82. The van der Waals surface area contributed by atoms with Crippen molar-refractivity contribution in [2.45, 2.75) is 31.8 Å². The Morgan fingerprint density at radius 2 is 2.22 bits per heavy atom. The van der Waals surface area contributed by atoms with Gasteiger partial charge in [-0.25, -0.2) is 0 Å². The number of aliphatic carboxylic acids is 1. The molecule has 0 amide bonds. The minimum Gasteiger partial charge on any atom is -0.480 e. The first-order valence-corrected chi connectivity index (χ1v) is 6.62. The van der Waals surface area contributed by atoms with Crippen LogP contribution in [0.3, 0.4) is 0 Å². The maximum atomic E-state index is 11.4. The number of nitrogens with zero attached hydrogens (tertiary/aromatic N) is 1. The molecule has 5 heteroatoms. The highest BCUT2D eigenvalue weighted by Gasteiger charge is 2.43. The van der Waals surface area contributed by atoms with Gasteiger partial charge in [-0.1, -0.05) is 35.3 Å². The van der Waals surface area contributed by atoms with E-state index >= 15 is 0 Å². The zero-order valence-electron chi connectivity index (χ0n) is 10.1. The highest BCUT2D eigenvalue weighted by Crippen LogP contribution is 2.33. The van der Waals surface area contributed by atoms with E-state index in [2.05, 4.69) is 0 Å². The minimum absolute atomic E-state index is 0.505. The number of halogens is 2. The largest absolute Gasteiger partial charge is 0.480 e. The van der Waals surface area contributed by atoms with Crippen molar-refractivity contribution in [1.82, 2.24) is 4.90 Å². The van der Waals surface area contributed by atoms with E-state index in [1.165, 1.54) is 0 Å². The van der Waals surface area contributed by atoms with Crippen molar-refractivity contribution in [3.8, 4) is 0 Å². The van der Waals surface area contributed by atoms with Gasteiger partial charge in [0.15, 0.2) is 0 Å². The Labute approximate surface area is 116 Å². The smallest absolute Gasteiger partial charge is 0.323 e. The Morgan fingerprint density at radius 1 is 1.50 bits per heavy atom. The molecule has 2 rings (SSSR count). The number of hydrogen-bond donors (Lipinski definition) is 1. The summed E-state index contributed by atoms with van der Waals surface area (Å²) in [6, 6.07) is 5.44. The van der Waals surface area contributed by atoms with E-state index in [4.69, 9.17) is 23.2 Å². The molecule has 1 aliphatic heterocycles. The number of hydrogen-bond acceptors (Lipinski definition) is 2. The molecule has 1 saturated heterocycles. The molecule has 1 aromatic rings.